The molecule has 1 saturated heterocycles. The van der Waals surface area contributed by atoms with Crippen LogP contribution in [0.4, 0.5) is 10.5 Å². The minimum atomic E-state index is -0.644. The predicted octanol–water partition coefficient (Wildman–Crippen LogP) is 8.24. The number of imide groups is 1. The molecule has 44 heavy (non-hydrogen) atoms. The van der Waals surface area contributed by atoms with E-state index in [4.69, 9.17) is 49.0 Å². The number of nitrogens with zero attached hydrogens (tertiary/aromatic N) is 1. The van der Waals surface area contributed by atoms with Gasteiger partial charge in [-0.05, 0) is 95.6 Å². The molecule has 1 aliphatic heterocycles. The van der Waals surface area contributed by atoms with Gasteiger partial charge < -0.3 is 19.5 Å². The predicted molar refractivity (Wildman–Crippen MR) is 175 cm³/mol. The molecule has 0 atom stereocenters. The average molecular weight is 743 g/mol. The Kier molecular flexibility index (Phi) is 11.6. The Bertz CT molecular complexity index is 1670. The van der Waals surface area contributed by atoms with Crippen molar-refractivity contribution < 1.29 is 33.4 Å². The van der Waals surface area contributed by atoms with E-state index >= 15 is 0 Å². The molecule has 0 aliphatic carbocycles. The van der Waals surface area contributed by atoms with E-state index in [2.05, 4.69) is 21.2 Å². The number of carbonyl (C=O) groups excluding carboxylic acids is 4. The van der Waals surface area contributed by atoms with Crippen molar-refractivity contribution >= 4 is 97.3 Å². The first-order chi connectivity index (χ1) is 21.0. The lowest BCUT2D eigenvalue weighted by atomic mass is 10.1. The summed E-state index contributed by atoms with van der Waals surface area (Å²) in [7, 11) is 0. The van der Waals surface area contributed by atoms with Crippen molar-refractivity contribution in [2.45, 2.75) is 20.5 Å². The monoisotopic (exact) mass is 740 g/mol. The van der Waals surface area contributed by atoms with Gasteiger partial charge in [-0.3, -0.25) is 19.3 Å². The van der Waals surface area contributed by atoms with Crippen LogP contribution >= 0.6 is 62.5 Å². The average Bonchev–Trinajstić information content (AvgIpc) is 3.22. The number of benzene rings is 3. The molecular formula is C30H24BrCl3N2O7S. The van der Waals surface area contributed by atoms with Crippen LogP contribution in [0.15, 0.2) is 57.9 Å². The molecule has 230 valence electrons. The molecule has 0 radical (unpaired) electrons. The molecule has 4 rings (SSSR count). The van der Waals surface area contributed by atoms with E-state index < -0.39 is 29.6 Å². The molecule has 3 aromatic carbocycles. The maximum absolute atomic E-state index is 13.1. The number of rotatable bonds is 11. The Hall–Kier alpha value is -3.22. The lowest BCUT2D eigenvalue weighted by Crippen LogP contribution is -2.36. The van der Waals surface area contributed by atoms with E-state index in [1.54, 1.807) is 37.3 Å². The van der Waals surface area contributed by atoms with Gasteiger partial charge in [0.05, 0.1) is 33.2 Å². The first-order valence-corrected chi connectivity index (χ1v) is 15.8. The van der Waals surface area contributed by atoms with Crippen LogP contribution in [0, 0.1) is 0 Å². The topological polar surface area (TPSA) is 111 Å². The maximum Gasteiger partial charge on any atom is 0.339 e. The summed E-state index contributed by atoms with van der Waals surface area (Å²) in [5, 5.41) is 3.09. The Balaban J connectivity index is 1.47. The third-order valence-corrected chi connectivity index (χ3v) is 8.35. The number of hydrogen-bond donors (Lipinski definition) is 1. The minimum Gasteiger partial charge on any atom is -0.490 e. The number of esters is 1. The van der Waals surface area contributed by atoms with Crippen LogP contribution in [-0.2, 0) is 20.9 Å². The molecule has 0 saturated carbocycles. The lowest BCUT2D eigenvalue weighted by Gasteiger charge is -2.15. The van der Waals surface area contributed by atoms with Crippen molar-refractivity contribution in [2.24, 2.45) is 0 Å². The highest BCUT2D eigenvalue weighted by Crippen LogP contribution is 2.40. The Morgan fingerprint density at radius 2 is 1.75 bits per heavy atom. The quantitative estimate of drug-likeness (QED) is 0.155. The minimum absolute atomic E-state index is 0.0724. The Labute approximate surface area is 280 Å². The fourth-order valence-corrected chi connectivity index (χ4v) is 6.03. The van der Waals surface area contributed by atoms with Crippen LogP contribution in [0.3, 0.4) is 0 Å². The van der Waals surface area contributed by atoms with E-state index in [1.807, 2.05) is 6.92 Å². The molecule has 9 nitrogen and oxygen atoms in total. The van der Waals surface area contributed by atoms with Crippen molar-refractivity contribution in [3.63, 3.8) is 0 Å². The van der Waals surface area contributed by atoms with Crippen molar-refractivity contribution in [3.05, 3.63) is 89.7 Å². The van der Waals surface area contributed by atoms with E-state index in [0.29, 0.717) is 49.9 Å². The van der Waals surface area contributed by atoms with Gasteiger partial charge in [-0.1, -0.05) is 40.9 Å². The van der Waals surface area contributed by atoms with Gasteiger partial charge in [-0.2, -0.15) is 0 Å². The summed E-state index contributed by atoms with van der Waals surface area (Å²) < 4.78 is 17.3. The van der Waals surface area contributed by atoms with Gasteiger partial charge in [0.15, 0.2) is 11.5 Å². The smallest absolute Gasteiger partial charge is 0.339 e. The SMILES string of the molecule is CCOC(=O)c1cc(NC(=O)CN2C(=O)S/C(=C\c3cc(Br)c(OCc4ccc(Cl)cc4Cl)c(OCC)c3)C2=O)ccc1Cl. The third-order valence-electron chi connectivity index (χ3n) is 5.94. The van der Waals surface area contributed by atoms with Gasteiger partial charge in [0, 0.05) is 21.3 Å². The number of halogens is 4. The fourth-order valence-electron chi connectivity index (χ4n) is 3.96. The zero-order valence-corrected chi connectivity index (χ0v) is 27.9. The lowest BCUT2D eigenvalue weighted by molar-refractivity contribution is -0.127. The molecule has 0 unspecified atom stereocenters. The van der Waals surface area contributed by atoms with Crippen LogP contribution in [0.25, 0.3) is 6.08 Å². The second-order valence-corrected chi connectivity index (χ2v) is 12.1. The molecule has 1 fully saturated rings. The van der Waals surface area contributed by atoms with Crippen LogP contribution in [-0.4, -0.2) is 47.7 Å². The summed E-state index contributed by atoms with van der Waals surface area (Å²) >= 11 is 22.5. The molecule has 3 aromatic rings. The van der Waals surface area contributed by atoms with Gasteiger partial charge >= 0.3 is 5.97 Å². The second kappa shape index (κ2) is 15.2. The van der Waals surface area contributed by atoms with Crippen molar-refractivity contribution in [1.29, 1.82) is 0 Å². The number of thioether (sulfide) groups is 1. The van der Waals surface area contributed by atoms with E-state index in [-0.39, 0.29) is 34.4 Å². The zero-order chi connectivity index (χ0) is 32.0. The first kappa shape index (κ1) is 33.7. The highest BCUT2D eigenvalue weighted by Gasteiger charge is 2.36. The fraction of sp³-hybridized carbons (Fsp3) is 0.200. The Morgan fingerprint density at radius 1 is 0.977 bits per heavy atom. The molecule has 0 bridgehead atoms. The van der Waals surface area contributed by atoms with Gasteiger partial charge in [-0.15, -0.1) is 0 Å². The Morgan fingerprint density at radius 3 is 2.45 bits per heavy atom. The number of amides is 3. The maximum atomic E-state index is 13.1. The normalized spacial score (nSPS) is 13.8. The van der Waals surface area contributed by atoms with Gasteiger partial charge in [0.1, 0.15) is 13.2 Å². The summed E-state index contributed by atoms with van der Waals surface area (Å²) in [6.07, 6.45) is 1.53. The van der Waals surface area contributed by atoms with Crippen molar-refractivity contribution in [3.8, 4) is 11.5 Å². The van der Waals surface area contributed by atoms with E-state index in [1.165, 1.54) is 24.3 Å². The summed E-state index contributed by atoms with van der Waals surface area (Å²) in [6, 6.07) is 12.8. The molecular weight excluding hydrogens is 719 g/mol. The standard InChI is InChI=1S/C30H24BrCl3N2O7S/c1-3-41-24-10-16(9-21(31)27(24)43-15-17-5-6-18(32)12-23(17)34)11-25-28(38)36(30(40)44-25)14-26(37)35-19-7-8-22(33)20(13-19)29(39)42-4-2/h5-13H,3-4,14-15H2,1-2H3,(H,35,37)/b25-11-. The van der Waals surface area contributed by atoms with Gasteiger partial charge in [0.2, 0.25) is 5.91 Å². The summed E-state index contributed by atoms with van der Waals surface area (Å²) in [5.41, 5.74) is 1.60. The van der Waals surface area contributed by atoms with E-state index in [0.717, 1.165) is 10.5 Å². The van der Waals surface area contributed by atoms with Gasteiger partial charge in [-0.25, -0.2) is 4.79 Å². The molecule has 1 heterocycles. The van der Waals surface area contributed by atoms with Crippen LogP contribution in [0.2, 0.25) is 15.1 Å². The number of carbonyl (C=O) groups is 4. The highest BCUT2D eigenvalue weighted by atomic mass is 79.9. The van der Waals surface area contributed by atoms with Crippen LogP contribution in [0.1, 0.15) is 35.3 Å². The number of hydrogen-bond acceptors (Lipinski definition) is 8. The number of anilines is 1. The van der Waals surface area contributed by atoms with Crippen LogP contribution in [0.5, 0.6) is 11.5 Å². The second-order valence-electron chi connectivity index (χ2n) is 9.02. The molecule has 1 N–H and O–H groups in total. The van der Waals surface area contributed by atoms with Crippen LogP contribution < -0.4 is 14.8 Å². The zero-order valence-electron chi connectivity index (χ0n) is 23.2. The van der Waals surface area contributed by atoms with E-state index in [9.17, 15) is 19.2 Å². The summed E-state index contributed by atoms with van der Waals surface area (Å²) in [6.45, 7) is 3.58. The largest absolute Gasteiger partial charge is 0.490 e. The number of ether oxygens (including phenoxy) is 3. The molecule has 0 spiro atoms. The molecule has 3 amide bonds. The molecule has 14 heteroatoms. The third kappa shape index (κ3) is 8.28. The highest BCUT2D eigenvalue weighted by molar-refractivity contribution is 9.10. The van der Waals surface area contributed by atoms with Gasteiger partial charge in [0.25, 0.3) is 11.1 Å². The molecule has 1 aliphatic rings. The first-order valence-electron chi connectivity index (χ1n) is 13.1. The van der Waals surface area contributed by atoms with Crippen molar-refractivity contribution in [1.82, 2.24) is 4.90 Å². The van der Waals surface area contributed by atoms with Crippen molar-refractivity contribution in [2.75, 3.05) is 25.1 Å². The summed E-state index contributed by atoms with van der Waals surface area (Å²) in [5.74, 6) is -1.09. The number of nitrogens with one attached hydrogen (secondary N) is 1. The summed E-state index contributed by atoms with van der Waals surface area (Å²) in [4.78, 5) is 51.6. The molecule has 0 aromatic heterocycles.